The van der Waals surface area contributed by atoms with Crippen molar-refractivity contribution in [2.75, 3.05) is 5.75 Å². The summed E-state index contributed by atoms with van der Waals surface area (Å²) in [5, 5.41) is 2.93. The van der Waals surface area contributed by atoms with Gasteiger partial charge in [-0.1, -0.05) is 6.92 Å². The summed E-state index contributed by atoms with van der Waals surface area (Å²) >= 11 is 1.72. The molecule has 1 N–H and O–H groups in total. The van der Waals surface area contributed by atoms with Crippen molar-refractivity contribution in [2.45, 2.75) is 30.7 Å². The third-order valence-corrected chi connectivity index (χ3v) is 3.79. The zero-order chi connectivity index (χ0) is 11.5. The number of amides is 1. The number of halogens is 1. The van der Waals surface area contributed by atoms with Gasteiger partial charge in [0.1, 0.15) is 5.82 Å². The standard InChI is InChI=1S/C12H14FNOS/c1-2-12(15)14-10-5-6-16-11-4-3-8(13)7-9(10)11/h3-4,7,10H,2,5-6H2,1H3,(H,14,15). The number of carbonyl (C=O) groups is 1. The van der Waals surface area contributed by atoms with Crippen LogP contribution in [0.5, 0.6) is 0 Å². The largest absolute Gasteiger partial charge is 0.349 e. The molecular formula is C12H14FNOS. The second kappa shape index (κ2) is 4.87. The number of hydrogen-bond donors (Lipinski definition) is 1. The predicted molar refractivity (Wildman–Crippen MR) is 62.9 cm³/mol. The first-order valence-electron chi connectivity index (χ1n) is 5.42. The lowest BCUT2D eigenvalue weighted by Crippen LogP contribution is -2.30. The van der Waals surface area contributed by atoms with E-state index < -0.39 is 0 Å². The SMILES string of the molecule is CCC(=O)NC1CCSc2ccc(F)cc21. The highest BCUT2D eigenvalue weighted by atomic mass is 32.2. The number of thioether (sulfide) groups is 1. The highest BCUT2D eigenvalue weighted by Gasteiger charge is 2.22. The van der Waals surface area contributed by atoms with E-state index >= 15 is 0 Å². The quantitative estimate of drug-likeness (QED) is 0.859. The van der Waals surface area contributed by atoms with Gasteiger partial charge >= 0.3 is 0 Å². The minimum absolute atomic E-state index is 0.0205. The fourth-order valence-electron chi connectivity index (χ4n) is 1.81. The monoisotopic (exact) mass is 239 g/mol. The molecule has 0 saturated heterocycles. The Morgan fingerprint density at radius 2 is 2.44 bits per heavy atom. The van der Waals surface area contributed by atoms with Crippen molar-refractivity contribution in [1.82, 2.24) is 5.32 Å². The number of rotatable bonds is 2. The second-order valence-electron chi connectivity index (χ2n) is 3.79. The van der Waals surface area contributed by atoms with Gasteiger partial charge in [-0.05, 0) is 30.2 Å². The van der Waals surface area contributed by atoms with Crippen molar-refractivity contribution in [2.24, 2.45) is 0 Å². The molecule has 2 nitrogen and oxygen atoms in total. The molecule has 1 aliphatic rings. The van der Waals surface area contributed by atoms with Gasteiger partial charge in [-0.25, -0.2) is 4.39 Å². The molecule has 86 valence electrons. The molecule has 1 aromatic rings. The average molecular weight is 239 g/mol. The van der Waals surface area contributed by atoms with Crippen LogP contribution in [0.1, 0.15) is 31.4 Å². The highest BCUT2D eigenvalue weighted by molar-refractivity contribution is 7.99. The summed E-state index contributed by atoms with van der Waals surface area (Å²) in [5.41, 5.74) is 0.915. The van der Waals surface area contributed by atoms with Crippen molar-refractivity contribution in [3.63, 3.8) is 0 Å². The minimum atomic E-state index is -0.239. The highest BCUT2D eigenvalue weighted by Crippen LogP contribution is 2.36. The van der Waals surface area contributed by atoms with Gasteiger partial charge in [-0.2, -0.15) is 0 Å². The van der Waals surface area contributed by atoms with Crippen LogP contribution in [0.2, 0.25) is 0 Å². The first kappa shape index (κ1) is 11.5. The average Bonchev–Trinajstić information content (AvgIpc) is 2.29. The fourth-order valence-corrected chi connectivity index (χ4v) is 2.92. The third kappa shape index (κ3) is 2.38. The molecule has 1 unspecified atom stereocenters. The molecule has 1 heterocycles. The van der Waals surface area contributed by atoms with Crippen LogP contribution in [-0.4, -0.2) is 11.7 Å². The van der Waals surface area contributed by atoms with E-state index in [9.17, 15) is 9.18 Å². The van der Waals surface area contributed by atoms with Gasteiger partial charge in [-0.3, -0.25) is 4.79 Å². The first-order valence-corrected chi connectivity index (χ1v) is 6.41. The smallest absolute Gasteiger partial charge is 0.220 e. The van der Waals surface area contributed by atoms with Crippen LogP contribution in [0.4, 0.5) is 4.39 Å². The van der Waals surface area contributed by atoms with E-state index in [4.69, 9.17) is 0 Å². The number of hydrogen-bond acceptors (Lipinski definition) is 2. The Balaban J connectivity index is 2.24. The molecule has 2 rings (SSSR count). The molecule has 1 aliphatic heterocycles. The van der Waals surface area contributed by atoms with Crippen LogP contribution in [0.15, 0.2) is 23.1 Å². The van der Waals surface area contributed by atoms with Gasteiger partial charge < -0.3 is 5.32 Å². The maximum Gasteiger partial charge on any atom is 0.220 e. The molecule has 1 aromatic carbocycles. The number of benzene rings is 1. The van der Waals surface area contributed by atoms with E-state index in [-0.39, 0.29) is 17.8 Å². The summed E-state index contributed by atoms with van der Waals surface area (Å²) in [6.45, 7) is 1.82. The van der Waals surface area contributed by atoms with E-state index in [1.807, 2.05) is 6.92 Å². The maximum absolute atomic E-state index is 13.2. The molecule has 0 spiro atoms. The predicted octanol–water partition coefficient (Wildman–Crippen LogP) is 2.89. The van der Waals surface area contributed by atoms with E-state index in [2.05, 4.69) is 5.32 Å². The van der Waals surface area contributed by atoms with Crippen LogP contribution in [-0.2, 0) is 4.79 Å². The molecule has 1 amide bonds. The van der Waals surface area contributed by atoms with Crippen LogP contribution in [0, 0.1) is 5.82 Å². The van der Waals surface area contributed by atoms with Gasteiger partial charge in [0.15, 0.2) is 0 Å². The molecule has 0 saturated carbocycles. The van der Waals surface area contributed by atoms with Crippen LogP contribution in [0.25, 0.3) is 0 Å². The maximum atomic E-state index is 13.2. The van der Waals surface area contributed by atoms with Crippen molar-refractivity contribution in [1.29, 1.82) is 0 Å². The summed E-state index contributed by atoms with van der Waals surface area (Å²) < 4.78 is 13.2. The van der Waals surface area contributed by atoms with Gasteiger partial charge in [0.2, 0.25) is 5.91 Å². The Kier molecular flexibility index (Phi) is 3.49. The lowest BCUT2D eigenvalue weighted by atomic mass is 10.0. The Morgan fingerprint density at radius 1 is 1.62 bits per heavy atom. The summed E-state index contributed by atoms with van der Waals surface area (Å²) in [6.07, 6.45) is 1.33. The lowest BCUT2D eigenvalue weighted by molar-refractivity contribution is -0.121. The van der Waals surface area contributed by atoms with Gasteiger partial charge in [0.05, 0.1) is 6.04 Å². The topological polar surface area (TPSA) is 29.1 Å². The zero-order valence-corrected chi connectivity index (χ0v) is 9.94. The molecule has 0 aromatic heterocycles. The molecule has 0 radical (unpaired) electrons. The summed E-state index contributed by atoms with van der Waals surface area (Å²) in [5.74, 6) is 0.747. The van der Waals surface area contributed by atoms with Crippen LogP contribution in [0.3, 0.4) is 0 Å². The number of fused-ring (bicyclic) bond motifs is 1. The number of nitrogens with one attached hydrogen (secondary N) is 1. The minimum Gasteiger partial charge on any atom is -0.349 e. The summed E-state index contributed by atoms with van der Waals surface area (Å²) in [4.78, 5) is 12.4. The Bertz CT molecular complexity index is 408. The fraction of sp³-hybridized carbons (Fsp3) is 0.417. The molecule has 16 heavy (non-hydrogen) atoms. The molecule has 0 bridgehead atoms. The Morgan fingerprint density at radius 3 is 3.19 bits per heavy atom. The second-order valence-corrected chi connectivity index (χ2v) is 4.93. The van der Waals surface area contributed by atoms with Gasteiger partial charge in [-0.15, -0.1) is 11.8 Å². The summed E-state index contributed by atoms with van der Waals surface area (Å²) in [7, 11) is 0. The van der Waals surface area contributed by atoms with E-state index in [0.29, 0.717) is 6.42 Å². The zero-order valence-electron chi connectivity index (χ0n) is 9.13. The van der Waals surface area contributed by atoms with E-state index in [1.165, 1.54) is 12.1 Å². The Hall–Kier alpha value is -1.03. The third-order valence-electron chi connectivity index (χ3n) is 2.67. The van der Waals surface area contributed by atoms with Crippen LogP contribution < -0.4 is 5.32 Å². The first-order chi connectivity index (χ1) is 7.70. The lowest BCUT2D eigenvalue weighted by Gasteiger charge is -2.25. The van der Waals surface area contributed by atoms with Crippen molar-refractivity contribution in [3.05, 3.63) is 29.6 Å². The molecule has 4 heteroatoms. The van der Waals surface area contributed by atoms with Gasteiger partial charge in [0, 0.05) is 17.1 Å². The number of carbonyl (C=O) groups excluding carboxylic acids is 1. The van der Waals surface area contributed by atoms with E-state index in [1.54, 1.807) is 17.8 Å². The molecule has 0 fully saturated rings. The van der Waals surface area contributed by atoms with Gasteiger partial charge in [0.25, 0.3) is 0 Å². The van der Waals surface area contributed by atoms with Crippen molar-refractivity contribution < 1.29 is 9.18 Å². The van der Waals surface area contributed by atoms with E-state index in [0.717, 1.165) is 22.6 Å². The van der Waals surface area contributed by atoms with Crippen molar-refractivity contribution in [3.8, 4) is 0 Å². The van der Waals surface area contributed by atoms with Crippen molar-refractivity contribution >= 4 is 17.7 Å². The molecule has 1 atom stereocenters. The molecular weight excluding hydrogens is 225 g/mol. The normalized spacial score (nSPS) is 19.0. The van der Waals surface area contributed by atoms with Crippen LogP contribution >= 0.6 is 11.8 Å². The summed E-state index contributed by atoms with van der Waals surface area (Å²) in [6, 6.07) is 4.76. The Labute approximate surface area is 98.6 Å². The molecule has 0 aliphatic carbocycles.